The van der Waals surface area contributed by atoms with Gasteiger partial charge < -0.3 is 5.32 Å². The highest BCUT2D eigenvalue weighted by atomic mass is 32.2. The fourth-order valence-corrected chi connectivity index (χ4v) is 5.03. The van der Waals surface area contributed by atoms with Gasteiger partial charge in [0.1, 0.15) is 0 Å². The summed E-state index contributed by atoms with van der Waals surface area (Å²) >= 11 is 2.14. The monoisotopic (exact) mass is 291 g/mol. The lowest BCUT2D eigenvalue weighted by Crippen LogP contribution is -2.43. The normalized spacial score (nSPS) is 25.6. The quantitative estimate of drug-likeness (QED) is 0.862. The molecule has 0 aromatic heterocycles. The number of rotatable bonds is 4. The Morgan fingerprint density at radius 3 is 2.45 bits per heavy atom. The third-order valence-corrected chi connectivity index (χ3v) is 5.87. The van der Waals surface area contributed by atoms with Gasteiger partial charge in [0.25, 0.3) is 0 Å². The van der Waals surface area contributed by atoms with E-state index in [1.165, 1.54) is 36.0 Å². The summed E-state index contributed by atoms with van der Waals surface area (Å²) in [4.78, 5) is 0. The van der Waals surface area contributed by atoms with Crippen molar-refractivity contribution in [3.63, 3.8) is 0 Å². The average Bonchev–Trinajstić information content (AvgIpc) is 2.34. The van der Waals surface area contributed by atoms with Gasteiger partial charge in [-0.2, -0.15) is 11.8 Å². The number of hydrogen-bond donors (Lipinski definition) is 1. The topological polar surface area (TPSA) is 12.0 Å². The fraction of sp³-hybridized carbons (Fsp3) is 0.667. The second kappa shape index (κ2) is 6.53. The van der Waals surface area contributed by atoms with Gasteiger partial charge in [0.2, 0.25) is 0 Å². The number of benzene rings is 1. The maximum atomic E-state index is 3.53. The number of nitrogens with one attached hydrogen (secondary N) is 1. The van der Waals surface area contributed by atoms with Gasteiger partial charge >= 0.3 is 0 Å². The van der Waals surface area contributed by atoms with Crippen LogP contribution < -0.4 is 5.32 Å². The number of hydrogen-bond acceptors (Lipinski definition) is 2. The standard InChI is InChI=1S/C18H29NS/c1-13-8-14(2)10-15(9-13)12-20-17-11-18(3,4)7-6-16(17)19-5/h8-10,16-17,19H,6-7,11-12H2,1-5H3. The molecule has 0 bridgehead atoms. The van der Waals surface area contributed by atoms with Gasteiger partial charge in [-0.3, -0.25) is 0 Å². The first-order valence-corrected chi connectivity index (χ1v) is 8.80. The Hall–Kier alpha value is -0.470. The lowest BCUT2D eigenvalue weighted by molar-refractivity contribution is 0.218. The maximum Gasteiger partial charge on any atom is 0.0209 e. The van der Waals surface area contributed by atoms with Crippen LogP contribution in [-0.4, -0.2) is 18.3 Å². The molecule has 0 amide bonds. The Labute approximate surface area is 128 Å². The smallest absolute Gasteiger partial charge is 0.0209 e. The molecule has 1 aromatic carbocycles. The Bertz CT molecular complexity index is 432. The molecule has 0 saturated heterocycles. The van der Waals surface area contributed by atoms with Crippen LogP contribution in [0.5, 0.6) is 0 Å². The van der Waals surface area contributed by atoms with E-state index in [9.17, 15) is 0 Å². The van der Waals surface area contributed by atoms with Crippen molar-refractivity contribution >= 4 is 11.8 Å². The van der Waals surface area contributed by atoms with Gasteiger partial charge in [-0.1, -0.05) is 43.2 Å². The molecule has 1 fully saturated rings. The van der Waals surface area contributed by atoms with Gasteiger partial charge in [-0.05, 0) is 51.1 Å². The lowest BCUT2D eigenvalue weighted by Gasteiger charge is -2.40. The molecule has 0 heterocycles. The summed E-state index contributed by atoms with van der Waals surface area (Å²) in [6.45, 7) is 9.23. The molecule has 2 rings (SSSR count). The van der Waals surface area contributed by atoms with Crippen LogP contribution in [0.2, 0.25) is 0 Å². The molecule has 1 aliphatic carbocycles. The third-order valence-electron chi connectivity index (χ3n) is 4.45. The van der Waals surface area contributed by atoms with E-state index in [2.05, 4.69) is 70.0 Å². The third kappa shape index (κ3) is 4.26. The van der Waals surface area contributed by atoms with Crippen LogP contribution in [0.25, 0.3) is 0 Å². The van der Waals surface area contributed by atoms with E-state index >= 15 is 0 Å². The summed E-state index contributed by atoms with van der Waals surface area (Å²) in [5.74, 6) is 1.14. The van der Waals surface area contributed by atoms with Gasteiger partial charge in [-0.25, -0.2) is 0 Å². The first-order chi connectivity index (χ1) is 9.39. The zero-order valence-electron chi connectivity index (χ0n) is 13.6. The molecule has 1 saturated carbocycles. The molecule has 1 nitrogen and oxygen atoms in total. The molecular weight excluding hydrogens is 262 g/mol. The van der Waals surface area contributed by atoms with Crippen molar-refractivity contribution in [1.29, 1.82) is 0 Å². The predicted molar refractivity (Wildman–Crippen MR) is 91.5 cm³/mol. The van der Waals surface area contributed by atoms with E-state index in [-0.39, 0.29) is 0 Å². The van der Waals surface area contributed by atoms with E-state index in [4.69, 9.17) is 0 Å². The maximum absolute atomic E-state index is 3.53. The van der Waals surface area contributed by atoms with Crippen molar-refractivity contribution in [2.75, 3.05) is 7.05 Å². The molecular formula is C18H29NS. The van der Waals surface area contributed by atoms with E-state index in [1.54, 1.807) is 0 Å². The van der Waals surface area contributed by atoms with Crippen molar-refractivity contribution in [2.24, 2.45) is 5.41 Å². The highest BCUT2D eigenvalue weighted by molar-refractivity contribution is 7.99. The molecule has 1 N–H and O–H groups in total. The van der Waals surface area contributed by atoms with E-state index in [1.807, 2.05) is 0 Å². The second-order valence-electron chi connectivity index (χ2n) is 7.15. The molecule has 0 aliphatic heterocycles. The molecule has 112 valence electrons. The first kappa shape index (κ1) is 15.9. The van der Waals surface area contributed by atoms with Crippen molar-refractivity contribution in [3.05, 3.63) is 34.9 Å². The first-order valence-electron chi connectivity index (χ1n) is 7.76. The number of thioether (sulfide) groups is 1. The second-order valence-corrected chi connectivity index (χ2v) is 8.38. The summed E-state index contributed by atoms with van der Waals surface area (Å²) < 4.78 is 0. The summed E-state index contributed by atoms with van der Waals surface area (Å²) in [6, 6.07) is 7.61. The zero-order chi connectivity index (χ0) is 14.8. The van der Waals surface area contributed by atoms with Crippen LogP contribution in [0.4, 0.5) is 0 Å². The van der Waals surface area contributed by atoms with Crippen LogP contribution in [0.15, 0.2) is 18.2 Å². The zero-order valence-corrected chi connectivity index (χ0v) is 14.4. The van der Waals surface area contributed by atoms with Crippen molar-refractivity contribution in [1.82, 2.24) is 5.32 Å². The summed E-state index contributed by atoms with van der Waals surface area (Å²) in [7, 11) is 2.12. The molecule has 1 aromatic rings. The highest BCUT2D eigenvalue weighted by Gasteiger charge is 2.34. The Kier molecular flexibility index (Phi) is 5.19. The lowest BCUT2D eigenvalue weighted by atomic mass is 9.75. The van der Waals surface area contributed by atoms with Crippen LogP contribution in [0, 0.1) is 19.3 Å². The van der Waals surface area contributed by atoms with Gasteiger partial charge in [0, 0.05) is 17.0 Å². The molecule has 2 unspecified atom stereocenters. The van der Waals surface area contributed by atoms with Crippen molar-refractivity contribution in [2.45, 2.75) is 64.0 Å². The summed E-state index contributed by atoms with van der Waals surface area (Å²) in [6.07, 6.45) is 3.99. The molecule has 0 spiro atoms. The molecule has 0 radical (unpaired) electrons. The van der Waals surface area contributed by atoms with Crippen LogP contribution in [0.3, 0.4) is 0 Å². The molecule has 20 heavy (non-hydrogen) atoms. The van der Waals surface area contributed by atoms with E-state index in [0.717, 1.165) is 11.0 Å². The Morgan fingerprint density at radius 1 is 1.20 bits per heavy atom. The van der Waals surface area contributed by atoms with Crippen LogP contribution in [-0.2, 0) is 5.75 Å². The van der Waals surface area contributed by atoms with Crippen LogP contribution >= 0.6 is 11.8 Å². The minimum absolute atomic E-state index is 0.507. The van der Waals surface area contributed by atoms with Crippen LogP contribution in [0.1, 0.15) is 49.8 Å². The fourth-order valence-electron chi connectivity index (χ4n) is 3.38. The minimum atomic E-state index is 0.507. The van der Waals surface area contributed by atoms with Crippen molar-refractivity contribution in [3.8, 4) is 0 Å². The summed E-state index contributed by atoms with van der Waals surface area (Å²) in [5.41, 5.74) is 4.75. The highest BCUT2D eigenvalue weighted by Crippen LogP contribution is 2.41. The SMILES string of the molecule is CNC1CCC(C)(C)CC1SCc1cc(C)cc(C)c1. The van der Waals surface area contributed by atoms with Crippen molar-refractivity contribution < 1.29 is 0 Å². The van der Waals surface area contributed by atoms with E-state index < -0.39 is 0 Å². The largest absolute Gasteiger partial charge is 0.316 e. The minimum Gasteiger partial charge on any atom is -0.316 e. The molecule has 2 heteroatoms. The molecule has 2 atom stereocenters. The van der Waals surface area contributed by atoms with Gasteiger partial charge in [0.15, 0.2) is 0 Å². The number of aryl methyl sites for hydroxylation is 2. The Balaban J connectivity index is 2.00. The van der Waals surface area contributed by atoms with E-state index in [0.29, 0.717) is 11.5 Å². The summed E-state index contributed by atoms with van der Waals surface area (Å²) in [5, 5.41) is 4.27. The van der Waals surface area contributed by atoms with Gasteiger partial charge in [0.05, 0.1) is 0 Å². The Morgan fingerprint density at radius 2 is 1.85 bits per heavy atom. The average molecular weight is 292 g/mol. The molecule has 1 aliphatic rings. The van der Waals surface area contributed by atoms with Gasteiger partial charge in [-0.15, -0.1) is 0 Å². The predicted octanol–water partition coefficient (Wildman–Crippen LogP) is 4.70.